The van der Waals surface area contributed by atoms with E-state index in [4.69, 9.17) is 21.1 Å². The van der Waals surface area contributed by atoms with E-state index in [1.54, 1.807) is 0 Å². The second-order valence-electron chi connectivity index (χ2n) is 5.33. The first-order valence-electron chi connectivity index (χ1n) is 5.77. The Balaban J connectivity index is 2.72. The number of ether oxygens (including phenoxy) is 2. The summed E-state index contributed by atoms with van der Waals surface area (Å²) in [5, 5.41) is 0. The summed E-state index contributed by atoms with van der Waals surface area (Å²) in [6.07, 6.45) is 2.11. The van der Waals surface area contributed by atoms with Gasteiger partial charge in [-0.1, -0.05) is 0 Å². The lowest BCUT2D eigenvalue weighted by molar-refractivity contribution is -0.173. The predicted octanol–water partition coefficient (Wildman–Crippen LogP) is 2.75. The van der Waals surface area contributed by atoms with Crippen LogP contribution in [0.4, 0.5) is 0 Å². The molecule has 0 bridgehead atoms. The third kappa shape index (κ3) is 3.63. The van der Waals surface area contributed by atoms with Gasteiger partial charge in [-0.2, -0.15) is 0 Å². The lowest BCUT2D eigenvalue weighted by atomic mass is 9.78. The maximum absolute atomic E-state index is 12.2. The van der Waals surface area contributed by atoms with Crippen LogP contribution < -0.4 is 0 Å². The fourth-order valence-corrected chi connectivity index (χ4v) is 2.25. The number of alkyl halides is 1. The van der Waals surface area contributed by atoms with E-state index in [1.807, 2.05) is 20.8 Å². The summed E-state index contributed by atoms with van der Waals surface area (Å²) in [7, 11) is 0. The maximum atomic E-state index is 12.2. The lowest BCUT2D eigenvalue weighted by Crippen LogP contribution is -2.42. The van der Waals surface area contributed by atoms with E-state index in [9.17, 15) is 4.79 Å². The number of carbonyl (C=O) groups is 1. The molecule has 0 saturated carbocycles. The summed E-state index contributed by atoms with van der Waals surface area (Å²) in [5.41, 5.74) is -0.859. The second-order valence-corrected chi connectivity index (χ2v) is 5.71. The molecule has 16 heavy (non-hydrogen) atoms. The minimum Gasteiger partial charge on any atom is -0.460 e. The molecule has 1 aliphatic rings. The van der Waals surface area contributed by atoms with Crippen LogP contribution in [0.15, 0.2) is 0 Å². The molecule has 0 unspecified atom stereocenters. The minimum absolute atomic E-state index is 0.121. The van der Waals surface area contributed by atoms with Crippen LogP contribution in [0, 0.1) is 5.41 Å². The molecule has 1 saturated heterocycles. The number of rotatable bonds is 3. The largest absolute Gasteiger partial charge is 0.460 e. The van der Waals surface area contributed by atoms with Gasteiger partial charge in [-0.3, -0.25) is 4.79 Å². The molecule has 1 heterocycles. The Morgan fingerprint density at radius 2 is 1.94 bits per heavy atom. The Kier molecular flexibility index (Phi) is 4.62. The van der Waals surface area contributed by atoms with Crippen LogP contribution in [-0.2, 0) is 14.3 Å². The van der Waals surface area contributed by atoms with Gasteiger partial charge < -0.3 is 9.47 Å². The molecule has 4 heteroatoms. The molecule has 1 aliphatic heterocycles. The maximum Gasteiger partial charge on any atom is 0.312 e. The molecule has 0 aromatic carbocycles. The average molecular weight is 249 g/mol. The molecule has 0 aromatic heterocycles. The van der Waals surface area contributed by atoms with Crippen molar-refractivity contribution in [3.8, 4) is 0 Å². The zero-order chi connectivity index (χ0) is 12.2. The van der Waals surface area contributed by atoms with E-state index >= 15 is 0 Å². The molecule has 1 fully saturated rings. The van der Waals surface area contributed by atoms with Crippen LogP contribution in [0.2, 0.25) is 0 Å². The molecular weight excluding hydrogens is 228 g/mol. The van der Waals surface area contributed by atoms with Crippen LogP contribution >= 0.6 is 11.6 Å². The Labute approximate surface area is 102 Å². The van der Waals surface area contributed by atoms with Gasteiger partial charge in [0.15, 0.2) is 0 Å². The van der Waals surface area contributed by atoms with Gasteiger partial charge in [0.1, 0.15) is 5.60 Å². The fourth-order valence-electron chi connectivity index (χ4n) is 1.89. The van der Waals surface area contributed by atoms with Gasteiger partial charge in [0.05, 0.1) is 5.41 Å². The predicted molar refractivity (Wildman–Crippen MR) is 63.7 cm³/mol. The van der Waals surface area contributed by atoms with Gasteiger partial charge in [0, 0.05) is 19.1 Å². The molecular formula is C12H21ClO3. The van der Waals surface area contributed by atoms with Gasteiger partial charge in [0.25, 0.3) is 0 Å². The first kappa shape index (κ1) is 13.8. The van der Waals surface area contributed by atoms with E-state index < -0.39 is 11.0 Å². The van der Waals surface area contributed by atoms with E-state index in [0.29, 0.717) is 38.4 Å². The topological polar surface area (TPSA) is 35.5 Å². The normalized spacial score (nSPS) is 20.5. The van der Waals surface area contributed by atoms with Gasteiger partial charge in [-0.05, 0) is 40.0 Å². The molecule has 3 nitrogen and oxygen atoms in total. The highest BCUT2D eigenvalue weighted by Gasteiger charge is 2.42. The Morgan fingerprint density at radius 3 is 2.38 bits per heavy atom. The third-order valence-electron chi connectivity index (χ3n) is 2.85. The molecule has 0 N–H and O–H groups in total. The van der Waals surface area contributed by atoms with Crippen LogP contribution in [0.1, 0.15) is 40.0 Å². The average Bonchev–Trinajstić information content (AvgIpc) is 2.17. The summed E-state index contributed by atoms with van der Waals surface area (Å²) < 4.78 is 10.8. The minimum atomic E-state index is -0.436. The third-order valence-corrected chi connectivity index (χ3v) is 3.04. The monoisotopic (exact) mass is 248 g/mol. The highest BCUT2D eigenvalue weighted by atomic mass is 35.5. The number of esters is 1. The van der Waals surface area contributed by atoms with E-state index in [1.165, 1.54) is 0 Å². The van der Waals surface area contributed by atoms with Crippen molar-refractivity contribution in [1.82, 2.24) is 0 Å². The fraction of sp³-hybridized carbons (Fsp3) is 0.917. The molecule has 0 spiro atoms. The summed E-state index contributed by atoms with van der Waals surface area (Å²) in [6.45, 7) is 6.90. The van der Waals surface area contributed by atoms with Gasteiger partial charge >= 0.3 is 5.97 Å². The van der Waals surface area contributed by atoms with Crippen molar-refractivity contribution in [2.24, 2.45) is 5.41 Å². The molecule has 0 aliphatic carbocycles. The van der Waals surface area contributed by atoms with Gasteiger partial charge in [-0.25, -0.2) is 0 Å². The lowest BCUT2D eigenvalue weighted by Gasteiger charge is -2.36. The van der Waals surface area contributed by atoms with Crippen LogP contribution in [0.25, 0.3) is 0 Å². The SMILES string of the molecule is CC(C)(C)OC(=O)C1(CCCl)CCOCC1. The Morgan fingerprint density at radius 1 is 1.38 bits per heavy atom. The highest BCUT2D eigenvalue weighted by Crippen LogP contribution is 2.37. The van der Waals surface area contributed by atoms with Crippen LogP contribution in [0.5, 0.6) is 0 Å². The van der Waals surface area contributed by atoms with Gasteiger partial charge in [0.2, 0.25) is 0 Å². The molecule has 0 aromatic rings. The van der Waals surface area contributed by atoms with E-state index in [-0.39, 0.29) is 5.97 Å². The second kappa shape index (κ2) is 5.37. The van der Waals surface area contributed by atoms with Crippen molar-refractivity contribution >= 4 is 17.6 Å². The van der Waals surface area contributed by atoms with Crippen molar-refractivity contribution in [3.05, 3.63) is 0 Å². The number of hydrogen-bond acceptors (Lipinski definition) is 3. The van der Waals surface area contributed by atoms with Crippen molar-refractivity contribution in [1.29, 1.82) is 0 Å². The molecule has 0 radical (unpaired) electrons. The molecule has 94 valence electrons. The number of hydrogen-bond donors (Lipinski definition) is 0. The molecule has 1 rings (SSSR count). The van der Waals surface area contributed by atoms with Crippen molar-refractivity contribution < 1.29 is 14.3 Å². The Hall–Kier alpha value is -0.280. The van der Waals surface area contributed by atoms with Crippen molar-refractivity contribution in [2.45, 2.75) is 45.6 Å². The van der Waals surface area contributed by atoms with Gasteiger partial charge in [-0.15, -0.1) is 11.6 Å². The standard InChI is InChI=1S/C12H21ClO3/c1-11(2,3)16-10(14)12(4-7-13)5-8-15-9-6-12/h4-9H2,1-3H3. The smallest absolute Gasteiger partial charge is 0.312 e. The van der Waals surface area contributed by atoms with Crippen molar-refractivity contribution in [3.63, 3.8) is 0 Å². The van der Waals surface area contributed by atoms with Crippen LogP contribution in [-0.4, -0.2) is 30.7 Å². The van der Waals surface area contributed by atoms with E-state index in [2.05, 4.69) is 0 Å². The van der Waals surface area contributed by atoms with E-state index in [0.717, 1.165) is 0 Å². The zero-order valence-corrected chi connectivity index (χ0v) is 11.1. The summed E-state index contributed by atoms with van der Waals surface area (Å²) in [5.74, 6) is 0.364. The quantitative estimate of drug-likeness (QED) is 0.569. The number of carbonyl (C=O) groups excluding carboxylic acids is 1. The summed E-state index contributed by atoms with van der Waals surface area (Å²) in [6, 6.07) is 0. The first-order chi connectivity index (χ1) is 7.40. The van der Waals surface area contributed by atoms with Crippen LogP contribution in [0.3, 0.4) is 0 Å². The van der Waals surface area contributed by atoms with Crippen molar-refractivity contribution in [2.75, 3.05) is 19.1 Å². The molecule has 0 amide bonds. The zero-order valence-electron chi connectivity index (χ0n) is 10.3. The molecule has 0 atom stereocenters. The number of halogens is 1. The highest BCUT2D eigenvalue weighted by molar-refractivity contribution is 6.18. The first-order valence-corrected chi connectivity index (χ1v) is 6.30. The summed E-state index contributed by atoms with van der Waals surface area (Å²) >= 11 is 5.79. The summed E-state index contributed by atoms with van der Waals surface area (Å²) in [4.78, 5) is 12.2. The Bertz CT molecular complexity index is 234.